The highest BCUT2D eigenvalue weighted by molar-refractivity contribution is 5.28. The fourth-order valence-corrected chi connectivity index (χ4v) is 1.78. The number of benzene rings is 1. The van der Waals surface area contributed by atoms with Crippen molar-refractivity contribution in [2.45, 2.75) is 31.7 Å². The van der Waals surface area contributed by atoms with Gasteiger partial charge in [-0.1, -0.05) is 19.1 Å². The Morgan fingerprint density at radius 1 is 1.16 bits per heavy atom. The van der Waals surface area contributed by atoms with E-state index >= 15 is 0 Å². The fraction of sp³-hybridized carbons (Fsp3) is 0.538. The molecular weight excluding hydrogens is 259 g/mol. The smallest absolute Gasteiger partial charge is 0.406 e. The summed E-state index contributed by atoms with van der Waals surface area (Å²) < 4.78 is 44.9. The Hall–Kier alpha value is -1.27. The summed E-state index contributed by atoms with van der Waals surface area (Å²) in [5.74, 6) is -0.234. The molecule has 0 aliphatic carbocycles. The molecule has 0 aliphatic rings. The Balaban J connectivity index is 2.71. The highest BCUT2D eigenvalue weighted by Gasteiger charge is 2.31. The highest BCUT2D eigenvalue weighted by atomic mass is 19.4. The molecule has 0 bridgehead atoms. The molecule has 3 nitrogen and oxygen atoms in total. The van der Waals surface area contributed by atoms with Gasteiger partial charge in [-0.05, 0) is 30.5 Å². The van der Waals surface area contributed by atoms with E-state index in [2.05, 4.69) is 4.74 Å². The molecule has 0 radical (unpaired) electrons. The van der Waals surface area contributed by atoms with Crippen molar-refractivity contribution < 1.29 is 22.6 Å². The molecule has 0 saturated heterocycles. The summed E-state index contributed by atoms with van der Waals surface area (Å²) in [6.07, 6.45) is -3.43. The molecule has 0 amide bonds. The number of methoxy groups -OCH3 is 1. The number of ether oxygens (including phenoxy) is 2. The van der Waals surface area contributed by atoms with Crippen molar-refractivity contribution in [1.82, 2.24) is 0 Å². The lowest BCUT2D eigenvalue weighted by molar-refractivity contribution is -0.274. The molecule has 1 unspecified atom stereocenters. The molecule has 0 aliphatic heterocycles. The molecule has 1 atom stereocenters. The van der Waals surface area contributed by atoms with E-state index in [1.807, 2.05) is 6.92 Å². The fourth-order valence-electron chi connectivity index (χ4n) is 1.78. The Bertz CT molecular complexity index is 392. The van der Waals surface area contributed by atoms with Gasteiger partial charge in [-0.25, -0.2) is 0 Å². The van der Waals surface area contributed by atoms with Crippen LogP contribution in [0, 0.1) is 0 Å². The molecule has 1 rings (SSSR count). The number of hydrogen-bond acceptors (Lipinski definition) is 3. The summed E-state index contributed by atoms with van der Waals surface area (Å²) in [4.78, 5) is 0. The molecule has 108 valence electrons. The zero-order valence-corrected chi connectivity index (χ0v) is 11.0. The maximum absolute atomic E-state index is 12.0. The third-order valence-electron chi connectivity index (χ3n) is 2.85. The van der Waals surface area contributed by atoms with E-state index in [0.717, 1.165) is 5.56 Å². The first kappa shape index (κ1) is 15.8. The van der Waals surface area contributed by atoms with Gasteiger partial charge in [0.15, 0.2) is 0 Å². The van der Waals surface area contributed by atoms with Crippen LogP contribution in [0.1, 0.15) is 18.9 Å². The largest absolute Gasteiger partial charge is 0.573 e. The predicted octanol–water partition coefficient (Wildman–Crippen LogP) is 2.88. The third-order valence-corrected chi connectivity index (χ3v) is 2.85. The van der Waals surface area contributed by atoms with Gasteiger partial charge in [0, 0.05) is 12.6 Å². The Kier molecular flexibility index (Phi) is 5.20. The minimum Gasteiger partial charge on any atom is -0.406 e. The first-order chi connectivity index (χ1) is 8.78. The third kappa shape index (κ3) is 5.48. The molecule has 0 aromatic heterocycles. The van der Waals surface area contributed by atoms with Crippen molar-refractivity contribution in [3.8, 4) is 5.75 Å². The summed E-state index contributed by atoms with van der Waals surface area (Å²) in [6.45, 7) is 2.34. The minimum absolute atomic E-state index is 0.234. The second-order valence-electron chi connectivity index (χ2n) is 4.52. The summed E-state index contributed by atoms with van der Waals surface area (Å²) in [5, 5.41) is 0. The normalized spacial score (nSPS) is 15.1. The number of hydrogen-bond donors (Lipinski definition) is 1. The summed E-state index contributed by atoms with van der Waals surface area (Å²) in [5.41, 5.74) is 6.47. The van der Waals surface area contributed by atoms with Gasteiger partial charge >= 0.3 is 6.36 Å². The first-order valence-corrected chi connectivity index (χ1v) is 5.90. The number of rotatable bonds is 6. The Labute approximate surface area is 110 Å². The molecular formula is C13H18F3NO2. The maximum Gasteiger partial charge on any atom is 0.573 e. The molecule has 19 heavy (non-hydrogen) atoms. The lowest BCUT2D eigenvalue weighted by Gasteiger charge is -2.27. The van der Waals surface area contributed by atoms with Crippen molar-refractivity contribution in [1.29, 1.82) is 0 Å². The van der Waals surface area contributed by atoms with E-state index in [4.69, 9.17) is 10.5 Å². The van der Waals surface area contributed by atoms with Crippen LogP contribution in [-0.4, -0.2) is 25.6 Å². The zero-order chi connectivity index (χ0) is 14.5. The lowest BCUT2D eigenvalue weighted by Crippen LogP contribution is -2.45. The standard InChI is InChI=1S/C13H18F3NO2/c1-3-12(17,9-18-2)8-10-4-6-11(7-5-10)19-13(14,15)16/h4-7H,3,8-9,17H2,1-2H3. The van der Waals surface area contributed by atoms with Crippen molar-refractivity contribution in [2.24, 2.45) is 5.73 Å². The SMILES string of the molecule is CCC(N)(COC)Cc1ccc(OC(F)(F)F)cc1. The molecule has 2 N–H and O–H groups in total. The van der Waals surface area contributed by atoms with Crippen LogP contribution < -0.4 is 10.5 Å². The van der Waals surface area contributed by atoms with Gasteiger partial charge in [0.25, 0.3) is 0 Å². The van der Waals surface area contributed by atoms with E-state index in [0.29, 0.717) is 19.4 Å². The van der Waals surface area contributed by atoms with Crippen LogP contribution in [0.25, 0.3) is 0 Å². The number of halogens is 3. The summed E-state index contributed by atoms with van der Waals surface area (Å²) in [7, 11) is 1.57. The molecule has 0 heterocycles. The average molecular weight is 277 g/mol. The first-order valence-electron chi connectivity index (χ1n) is 5.90. The number of alkyl halides is 3. The van der Waals surface area contributed by atoms with Crippen LogP contribution in [0.5, 0.6) is 5.75 Å². The number of nitrogens with two attached hydrogens (primary N) is 1. The van der Waals surface area contributed by atoms with E-state index in [1.165, 1.54) is 12.1 Å². The summed E-state index contributed by atoms with van der Waals surface area (Å²) >= 11 is 0. The van der Waals surface area contributed by atoms with Crippen LogP contribution in [0.4, 0.5) is 13.2 Å². The van der Waals surface area contributed by atoms with Crippen LogP contribution in [0.3, 0.4) is 0 Å². The predicted molar refractivity (Wildman–Crippen MR) is 65.9 cm³/mol. The van der Waals surface area contributed by atoms with Gasteiger partial charge in [-0.15, -0.1) is 13.2 Å². The second-order valence-corrected chi connectivity index (χ2v) is 4.52. The second kappa shape index (κ2) is 6.25. The molecule has 0 saturated carbocycles. The van der Waals surface area contributed by atoms with Crippen LogP contribution >= 0.6 is 0 Å². The van der Waals surface area contributed by atoms with Crippen molar-refractivity contribution in [3.63, 3.8) is 0 Å². The van der Waals surface area contributed by atoms with Crippen LogP contribution in [0.2, 0.25) is 0 Å². The van der Waals surface area contributed by atoms with Gasteiger partial charge in [0.05, 0.1) is 6.61 Å². The zero-order valence-electron chi connectivity index (χ0n) is 11.0. The van der Waals surface area contributed by atoms with E-state index in [9.17, 15) is 13.2 Å². The minimum atomic E-state index is -4.67. The van der Waals surface area contributed by atoms with Gasteiger partial charge < -0.3 is 15.2 Å². The van der Waals surface area contributed by atoms with Crippen LogP contribution in [0.15, 0.2) is 24.3 Å². The molecule has 0 spiro atoms. The molecule has 1 aromatic carbocycles. The molecule has 6 heteroatoms. The summed E-state index contributed by atoms with van der Waals surface area (Å²) in [6, 6.07) is 5.72. The maximum atomic E-state index is 12.0. The van der Waals surface area contributed by atoms with Gasteiger partial charge in [-0.3, -0.25) is 0 Å². The van der Waals surface area contributed by atoms with E-state index < -0.39 is 11.9 Å². The lowest BCUT2D eigenvalue weighted by atomic mass is 9.90. The molecule has 0 fully saturated rings. The van der Waals surface area contributed by atoms with Crippen molar-refractivity contribution in [2.75, 3.05) is 13.7 Å². The van der Waals surface area contributed by atoms with Gasteiger partial charge in [0.1, 0.15) is 5.75 Å². The van der Waals surface area contributed by atoms with Crippen LogP contribution in [-0.2, 0) is 11.2 Å². The van der Waals surface area contributed by atoms with Gasteiger partial charge in [-0.2, -0.15) is 0 Å². The Morgan fingerprint density at radius 3 is 2.16 bits per heavy atom. The van der Waals surface area contributed by atoms with Crippen molar-refractivity contribution >= 4 is 0 Å². The quantitative estimate of drug-likeness (QED) is 0.869. The van der Waals surface area contributed by atoms with E-state index in [1.54, 1.807) is 19.2 Å². The topological polar surface area (TPSA) is 44.5 Å². The Morgan fingerprint density at radius 2 is 1.74 bits per heavy atom. The molecule has 1 aromatic rings. The van der Waals surface area contributed by atoms with Crippen molar-refractivity contribution in [3.05, 3.63) is 29.8 Å². The monoisotopic (exact) mass is 277 g/mol. The van der Waals surface area contributed by atoms with E-state index in [-0.39, 0.29) is 5.75 Å². The highest BCUT2D eigenvalue weighted by Crippen LogP contribution is 2.24. The average Bonchev–Trinajstić information content (AvgIpc) is 2.30. The van der Waals surface area contributed by atoms with Gasteiger partial charge in [0.2, 0.25) is 0 Å².